The molecule has 3 rings (SSSR count). The van der Waals surface area contributed by atoms with Gasteiger partial charge in [0, 0.05) is 25.5 Å². The minimum Gasteiger partial charge on any atom is -0.352 e. The Bertz CT molecular complexity index is 664. The molecule has 1 N–H and O–H groups in total. The van der Waals surface area contributed by atoms with Crippen LogP contribution in [0.3, 0.4) is 0 Å². The quantitative estimate of drug-likeness (QED) is 0.727. The van der Waals surface area contributed by atoms with Crippen LogP contribution < -0.4 is 5.32 Å². The average molecular weight is 292 g/mol. The van der Waals surface area contributed by atoms with Crippen LogP contribution in [0.5, 0.6) is 0 Å². The summed E-state index contributed by atoms with van der Waals surface area (Å²) in [5, 5.41) is 7.11. The Morgan fingerprint density at radius 3 is 2.85 bits per heavy atom. The zero-order valence-corrected chi connectivity index (χ0v) is 11.0. The van der Waals surface area contributed by atoms with E-state index < -0.39 is 0 Å². The van der Waals surface area contributed by atoms with Gasteiger partial charge < -0.3 is 9.88 Å². The van der Waals surface area contributed by atoms with Gasteiger partial charge in [0.2, 0.25) is 11.2 Å². The van der Waals surface area contributed by atoms with E-state index in [0.717, 1.165) is 6.54 Å². The summed E-state index contributed by atoms with van der Waals surface area (Å²) in [5.74, 6) is 0.697. The molecule has 0 unspecified atom stereocenters. The summed E-state index contributed by atoms with van der Waals surface area (Å²) in [6.07, 6.45) is 8.22. The van der Waals surface area contributed by atoms with E-state index in [1.54, 1.807) is 12.5 Å². The molecule has 3 heterocycles. The van der Waals surface area contributed by atoms with Gasteiger partial charge in [0.15, 0.2) is 0 Å². The molecule has 0 amide bonds. The number of anilines is 1. The minimum atomic E-state index is 0.0932. The molecule has 0 aliphatic rings. The molecular weight excluding hydrogens is 282 g/mol. The summed E-state index contributed by atoms with van der Waals surface area (Å²) in [5.41, 5.74) is 0. The summed E-state index contributed by atoms with van der Waals surface area (Å²) < 4.78 is 3.35. The fourth-order valence-electron chi connectivity index (χ4n) is 1.55. The first-order chi connectivity index (χ1) is 9.81. The Morgan fingerprint density at radius 2 is 2.10 bits per heavy atom. The smallest absolute Gasteiger partial charge is 0.258 e. The second-order valence-corrected chi connectivity index (χ2v) is 4.13. The van der Waals surface area contributed by atoms with Crippen LogP contribution in [-0.4, -0.2) is 45.8 Å². The lowest BCUT2D eigenvalue weighted by Crippen LogP contribution is -2.13. The molecule has 0 fully saturated rings. The lowest BCUT2D eigenvalue weighted by molar-refractivity contribution is 0.719. The maximum Gasteiger partial charge on any atom is 0.258 e. The van der Waals surface area contributed by atoms with E-state index in [-0.39, 0.29) is 5.28 Å². The van der Waals surface area contributed by atoms with Crippen LogP contribution in [0.4, 0.5) is 5.95 Å². The van der Waals surface area contributed by atoms with Gasteiger partial charge in [-0.3, -0.25) is 0 Å². The summed E-state index contributed by atoms with van der Waals surface area (Å²) in [6.45, 7) is 1.37. The lowest BCUT2D eigenvalue weighted by Gasteiger charge is -2.06. The zero-order valence-electron chi connectivity index (χ0n) is 10.3. The van der Waals surface area contributed by atoms with E-state index in [1.807, 2.05) is 10.8 Å². The van der Waals surface area contributed by atoms with Crippen LogP contribution in [-0.2, 0) is 6.54 Å². The molecule has 0 saturated carbocycles. The number of nitrogens with zero attached hydrogens (tertiary/aromatic N) is 8. The van der Waals surface area contributed by atoms with Gasteiger partial charge in [0.05, 0.1) is 6.33 Å². The molecule has 0 aliphatic carbocycles. The molecule has 10 heteroatoms. The Kier molecular flexibility index (Phi) is 3.50. The highest BCUT2D eigenvalue weighted by atomic mass is 35.5. The van der Waals surface area contributed by atoms with E-state index in [9.17, 15) is 0 Å². The number of imidazole rings is 1. The van der Waals surface area contributed by atoms with Crippen LogP contribution in [0.2, 0.25) is 5.28 Å². The van der Waals surface area contributed by atoms with Crippen molar-refractivity contribution in [3.05, 3.63) is 36.7 Å². The number of hydrogen-bond acceptors (Lipinski definition) is 7. The topological polar surface area (TPSA) is 99.2 Å². The third-order valence-corrected chi connectivity index (χ3v) is 2.60. The van der Waals surface area contributed by atoms with Crippen molar-refractivity contribution >= 4 is 17.5 Å². The van der Waals surface area contributed by atoms with Crippen LogP contribution in [0.15, 0.2) is 31.4 Å². The fraction of sp³-hybridized carbons (Fsp3) is 0.200. The van der Waals surface area contributed by atoms with Crippen LogP contribution >= 0.6 is 11.6 Å². The van der Waals surface area contributed by atoms with Gasteiger partial charge in [-0.25, -0.2) is 9.97 Å². The second-order valence-electron chi connectivity index (χ2n) is 3.80. The van der Waals surface area contributed by atoms with E-state index in [2.05, 4.69) is 35.3 Å². The Hall–Kier alpha value is -2.55. The summed E-state index contributed by atoms with van der Waals surface area (Å²) in [7, 11) is 0. The van der Waals surface area contributed by atoms with Crippen molar-refractivity contribution in [3.63, 3.8) is 0 Å². The van der Waals surface area contributed by atoms with Crippen molar-refractivity contribution in [1.82, 2.24) is 39.3 Å². The van der Waals surface area contributed by atoms with Gasteiger partial charge in [-0.2, -0.15) is 24.7 Å². The largest absolute Gasteiger partial charge is 0.352 e. The van der Waals surface area contributed by atoms with E-state index in [1.165, 1.54) is 17.3 Å². The number of nitrogens with one attached hydrogen (secondary N) is 1. The van der Waals surface area contributed by atoms with Crippen molar-refractivity contribution in [2.75, 3.05) is 11.9 Å². The average Bonchev–Trinajstić information content (AvgIpc) is 3.11. The van der Waals surface area contributed by atoms with Gasteiger partial charge in [-0.15, -0.1) is 0 Å². The molecule has 9 nitrogen and oxygen atoms in total. The number of aromatic nitrogens is 8. The van der Waals surface area contributed by atoms with Gasteiger partial charge in [-0.1, -0.05) is 0 Å². The van der Waals surface area contributed by atoms with Crippen molar-refractivity contribution < 1.29 is 0 Å². The first-order valence-electron chi connectivity index (χ1n) is 5.77. The third kappa shape index (κ3) is 2.88. The Morgan fingerprint density at radius 1 is 1.15 bits per heavy atom. The zero-order chi connectivity index (χ0) is 13.8. The standard InChI is InChI=1S/C10H10ClN9/c11-8-16-9(14-2-4-19-3-1-12-6-19)18-10(17-8)20-7-13-5-15-20/h1,3,5-7H,2,4H2,(H,14,16,17,18). The highest BCUT2D eigenvalue weighted by molar-refractivity contribution is 6.28. The van der Waals surface area contributed by atoms with Crippen molar-refractivity contribution in [2.24, 2.45) is 0 Å². The SMILES string of the molecule is Clc1nc(NCCn2ccnc2)nc(-n2cncn2)n1. The molecule has 0 radical (unpaired) electrons. The molecule has 0 saturated heterocycles. The summed E-state index contributed by atoms with van der Waals surface area (Å²) in [6, 6.07) is 0. The highest BCUT2D eigenvalue weighted by Crippen LogP contribution is 2.08. The Labute approximate surface area is 118 Å². The van der Waals surface area contributed by atoms with Gasteiger partial charge in [0.1, 0.15) is 12.7 Å². The predicted octanol–water partition coefficient (Wildman–Crippen LogP) is 0.414. The molecule has 20 heavy (non-hydrogen) atoms. The Balaban J connectivity index is 1.70. The molecule has 0 atom stereocenters. The van der Waals surface area contributed by atoms with Gasteiger partial charge in [0.25, 0.3) is 5.95 Å². The van der Waals surface area contributed by atoms with Crippen LogP contribution in [0, 0.1) is 0 Å². The van der Waals surface area contributed by atoms with Crippen molar-refractivity contribution in [3.8, 4) is 5.95 Å². The number of rotatable bonds is 5. The first-order valence-corrected chi connectivity index (χ1v) is 6.15. The van der Waals surface area contributed by atoms with E-state index in [0.29, 0.717) is 18.4 Å². The fourth-order valence-corrected chi connectivity index (χ4v) is 1.70. The molecule has 102 valence electrons. The maximum atomic E-state index is 5.87. The number of hydrogen-bond donors (Lipinski definition) is 1. The van der Waals surface area contributed by atoms with Crippen molar-refractivity contribution in [2.45, 2.75) is 6.54 Å². The van der Waals surface area contributed by atoms with Gasteiger partial charge in [-0.05, 0) is 11.6 Å². The molecule has 3 aromatic heterocycles. The normalized spacial score (nSPS) is 10.7. The molecule has 0 bridgehead atoms. The van der Waals surface area contributed by atoms with E-state index in [4.69, 9.17) is 11.6 Å². The first kappa shape index (κ1) is 12.5. The van der Waals surface area contributed by atoms with Crippen LogP contribution in [0.1, 0.15) is 0 Å². The number of halogens is 1. The minimum absolute atomic E-state index is 0.0932. The van der Waals surface area contributed by atoms with Crippen molar-refractivity contribution in [1.29, 1.82) is 0 Å². The van der Waals surface area contributed by atoms with Crippen LogP contribution in [0.25, 0.3) is 5.95 Å². The molecule has 0 aromatic carbocycles. The highest BCUT2D eigenvalue weighted by Gasteiger charge is 2.07. The molecule has 3 aromatic rings. The van der Waals surface area contributed by atoms with E-state index >= 15 is 0 Å². The predicted molar refractivity (Wildman–Crippen MR) is 70.5 cm³/mol. The summed E-state index contributed by atoms with van der Waals surface area (Å²) >= 11 is 5.87. The molecule has 0 aliphatic heterocycles. The summed E-state index contributed by atoms with van der Waals surface area (Å²) in [4.78, 5) is 20.0. The molecular formula is C10H10ClN9. The second kappa shape index (κ2) is 5.61. The maximum absolute atomic E-state index is 5.87. The monoisotopic (exact) mass is 291 g/mol. The lowest BCUT2D eigenvalue weighted by atomic mass is 10.6. The van der Waals surface area contributed by atoms with Gasteiger partial charge >= 0.3 is 0 Å². The molecule has 0 spiro atoms. The third-order valence-electron chi connectivity index (χ3n) is 2.43.